The third kappa shape index (κ3) is 2.70. The normalized spacial score (nSPS) is 20.7. The maximum Gasteiger partial charge on any atom is 0.339 e. The van der Waals surface area contributed by atoms with Crippen LogP contribution in [-0.4, -0.2) is 22.8 Å². The maximum atomic E-state index is 12.9. The Hall–Kier alpha value is -2.23. The maximum absolute atomic E-state index is 12.9. The second-order valence-corrected chi connectivity index (χ2v) is 6.74. The van der Waals surface area contributed by atoms with Gasteiger partial charge < -0.3 is 4.74 Å². The number of pyridine rings is 1. The highest BCUT2D eigenvalue weighted by Crippen LogP contribution is 2.30. The molecule has 0 bridgehead atoms. The zero-order valence-electron chi connectivity index (χ0n) is 13.7. The second-order valence-electron chi connectivity index (χ2n) is 6.74. The number of rotatable bonds is 2. The molecule has 124 valence electrons. The first kappa shape index (κ1) is 15.3. The van der Waals surface area contributed by atoms with E-state index in [0.29, 0.717) is 18.4 Å². The zero-order valence-corrected chi connectivity index (χ0v) is 13.7. The van der Waals surface area contributed by atoms with Gasteiger partial charge >= 0.3 is 5.97 Å². The molecule has 2 aliphatic rings. The van der Waals surface area contributed by atoms with E-state index >= 15 is 0 Å². The molecule has 1 saturated carbocycles. The molecule has 2 aromatic rings. The van der Waals surface area contributed by atoms with Crippen LogP contribution in [0.1, 0.15) is 60.1 Å². The van der Waals surface area contributed by atoms with Crippen LogP contribution in [0.2, 0.25) is 0 Å². The monoisotopic (exact) mass is 323 g/mol. The molecule has 0 saturated heterocycles. The minimum absolute atomic E-state index is 0.0572. The molecule has 1 aromatic heterocycles. The summed E-state index contributed by atoms with van der Waals surface area (Å²) in [5.74, 6) is -0.297. The van der Waals surface area contributed by atoms with Crippen LogP contribution in [-0.2, 0) is 22.4 Å². The largest absolute Gasteiger partial charge is 0.451 e. The summed E-state index contributed by atoms with van der Waals surface area (Å²) in [5.41, 5.74) is 3.50. The van der Waals surface area contributed by atoms with Gasteiger partial charge in [0.2, 0.25) is 0 Å². The summed E-state index contributed by atoms with van der Waals surface area (Å²) in [6.45, 7) is 0. The van der Waals surface area contributed by atoms with Crippen molar-refractivity contribution in [2.75, 3.05) is 0 Å². The van der Waals surface area contributed by atoms with Crippen LogP contribution in [0, 0.1) is 0 Å². The van der Waals surface area contributed by atoms with E-state index in [4.69, 9.17) is 9.72 Å². The molecule has 24 heavy (non-hydrogen) atoms. The molecule has 1 heterocycles. The summed E-state index contributed by atoms with van der Waals surface area (Å²) in [4.78, 5) is 29.7. The summed E-state index contributed by atoms with van der Waals surface area (Å²) >= 11 is 0. The molecule has 0 spiro atoms. The highest BCUT2D eigenvalue weighted by Gasteiger charge is 2.29. The number of hydrogen-bond acceptors (Lipinski definition) is 4. The number of Topliss-reactive ketones (excluding diaryl/α,β-unsaturated/α-hetero) is 1. The number of hydrogen-bond donors (Lipinski definition) is 0. The fourth-order valence-corrected chi connectivity index (χ4v) is 3.87. The van der Waals surface area contributed by atoms with Gasteiger partial charge in [-0.2, -0.15) is 0 Å². The fourth-order valence-electron chi connectivity index (χ4n) is 3.87. The van der Waals surface area contributed by atoms with E-state index in [9.17, 15) is 9.59 Å². The zero-order chi connectivity index (χ0) is 16.5. The molecule has 4 nitrogen and oxygen atoms in total. The first-order valence-electron chi connectivity index (χ1n) is 8.88. The second kappa shape index (κ2) is 6.34. The van der Waals surface area contributed by atoms with Gasteiger partial charge in [-0.3, -0.25) is 9.78 Å². The Kier molecular flexibility index (Phi) is 4.05. The van der Waals surface area contributed by atoms with Crippen molar-refractivity contribution in [3.8, 4) is 0 Å². The lowest BCUT2D eigenvalue weighted by molar-refractivity contribution is -0.129. The van der Waals surface area contributed by atoms with Crippen molar-refractivity contribution in [3.05, 3.63) is 41.1 Å². The minimum Gasteiger partial charge on any atom is -0.451 e. The standard InChI is InChI=1S/C20H21NO3/c22-17-11-5-6-12-18(17)24-20(23)19-13-7-1-3-9-15(13)21-16-10-4-2-8-14(16)19/h1,3,7,9,18H,2,4-6,8,10-12H2/t18-/m1/s1. The SMILES string of the molecule is O=C(O[C@@H]1CCCCC1=O)c1c2c(nc3ccccc13)CCCC2. The lowest BCUT2D eigenvalue weighted by Gasteiger charge is -2.23. The summed E-state index contributed by atoms with van der Waals surface area (Å²) in [6.07, 6.45) is 6.38. The van der Waals surface area contributed by atoms with E-state index in [1.807, 2.05) is 24.3 Å². The van der Waals surface area contributed by atoms with E-state index in [1.165, 1.54) is 0 Å². The molecular formula is C20H21NO3. The van der Waals surface area contributed by atoms with Crippen molar-refractivity contribution in [2.45, 2.75) is 57.5 Å². The number of fused-ring (bicyclic) bond motifs is 2. The Labute approximate surface area is 141 Å². The third-order valence-corrected chi connectivity index (χ3v) is 5.12. The summed E-state index contributed by atoms with van der Waals surface area (Å²) in [6, 6.07) is 7.72. The molecule has 1 fully saturated rings. The average molecular weight is 323 g/mol. The van der Waals surface area contributed by atoms with Gasteiger partial charge in [-0.1, -0.05) is 18.2 Å². The molecule has 0 amide bonds. The van der Waals surface area contributed by atoms with Crippen LogP contribution in [0.5, 0.6) is 0 Å². The predicted octanol–water partition coefficient (Wildman–Crippen LogP) is 3.78. The van der Waals surface area contributed by atoms with Crippen LogP contribution in [0.3, 0.4) is 0 Å². The number of carbonyl (C=O) groups is 2. The fraction of sp³-hybridized carbons (Fsp3) is 0.450. The van der Waals surface area contributed by atoms with Crippen molar-refractivity contribution in [1.29, 1.82) is 0 Å². The molecule has 0 radical (unpaired) electrons. The molecule has 0 aliphatic heterocycles. The summed E-state index contributed by atoms with van der Waals surface area (Å²) in [5, 5.41) is 0.839. The Morgan fingerprint density at radius 2 is 1.83 bits per heavy atom. The highest BCUT2D eigenvalue weighted by molar-refractivity contribution is 6.06. The number of carbonyl (C=O) groups excluding carboxylic acids is 2. The topological polar surface area (TPSA) is 56.3 Å². The number of para-hydroxylation sites is 1. The first-order chi connectivity index (χ1) is 11.7. The Bertz CT molecular complexity index is 812. The number of nitrogens with zero attached hydrogens (tertiary/aromatic N) is 1. The smallest absolute Gasteiger partial charge is 0.339 e. The van der Waals surface area contributed by atoms with Crippen molar-refractivity contribution >= 4 is 22.7 Å². The van der Waals surface area contributed by atoms with E-state index in [0.717, 1.165) is 60.7 Å². The summed E-state index contributed by atoms with van der Waals surface area (Å²) in [7, 11) is 0. The Morgan fingerprint density at radius 1 is 1.04 bits per heavy atom. The Morgan fingerprint density at radius 3 is 2.71 bits per heavy atom. The number of ketones is 1. The number of aromatic nitrogens is 1. The molecule has 1 atom stereocenters. The number of esters is 1. The molecule has 1 aromatic carbocycles. The quantitative estimate of drug-likeness (QED) is 0.789. The van der Waals surface area contributed by atoms with Crippen LogP contribution in [0.15, 0.2) is 24.3 Å². The molecule has 4 rings (SSSR count). The molecule has 0 N–H and O–H groups in total. The van der Waals surface area contributed by atoms with Gasteiger partial charge in [0.25, 0.3) is 0 Å². The van der Waals surface area contributed by atoms with Crippen molar-refractivity contribution in [1.82, 2.24) is 4.98 Å². The van der Waals surface area contributed by atoms with Gasteiger partial charge in [-0.05, 0) is 56.6 Å². The van der Waals surface area contributed by atoms with Crippen LogP contribution < -0.4 is 0 Å². The molecule has 2 aliphatic carbocycles. The van der Waals surface area contributed by atoms with E-state index in [-0.39, 0.29) is 11.8 Å². The van der Waals surface area contributed by atoms with E-state index in [2.05, 4.69) is 0 Å². The van der Waals surface area contributed by atoms with Crippen LogP contribution >= 0.6 is 0 Å². The minimum atomic E-state index is -0.572. The van der Waals surface area contributed by atoms with Crippen molar-refractivity contribution in [3.63, 3.8) is 0 Å². The van der Waals surface area contributed by atoms with Gasteiger partial charge in [0.15, 0.2) is 11.9 Å². The van der Waals surface area contributed by atoms with Gasteiger partial charge in [0, 0.05) is 17.5 Å². The predicted molar refractivity (Wildman–Crippen MR) is 91.1 cm³/mol. The summed E-state index contributed by atoms with van der Waals surface area (Å²) < 4.78 is 5.65. The van der Waals surface area contributed by atoms with E-state index < -0.39 is 6.10 Å². The average Bonchev–Trinajstić information content (AvgIpc) is 2.61. The van der Waals surface area contributed by atoms with Crippen molar-refractivity contribution < 1.29 is 14.3 Å². The van der Waals surface area contributed by atoms with E-state index in [1.54, 1.807) is 0 Å². The highest BCUT2D eigenvalue weighted by atomic mass is 16.5. The van der Waals surface area contributed by atoms with Crippen LogP contribution in [0.25, 0.3) is 10.9 Å². The number of benzene rings is 1. The van der Waals surface area contributed by atoms with Gasteiger partial charge in [0.05, 0.1) is 11.1 Å². The Balaban J connectivity index is 1.76. The molecule has 0 unspecified atom stereocenters. The third-order valence-electron chi connectivity index (χ3n) is 5.12. The number of aryl methyl sites for hydroxylation is 1. The first-order valence-corrected chi connectivity index (χ1v) is 8.88. The molecule has 4 heteroatoms. The number of ether oxygens (including phenoxy) is 1. The lowest BCUT2D eigenvalue weighted by Crippen LogP contribution is -2.30. The van der Waals surface area contributed by atoms with Gasteiger partial charge in [-0.15, -0.1) is 0 Å². The van der Waals surface area contributed by atoms with Crippen LogP contribution in [0.4, 0.5) is 0 Å². The molecular weight excluding hydrogens is 302 g/mol. The lowest BCUT2D eigenvalue weighted by atomic mass is 9.89. The van der Waals surface area contributed by atoms with Gasteiger partial charge in [-0.25, -0.2) is 4.79 Å². The van der Waals surface area contributed by atoms with Gasteiger partial charge in [0.1, 0.15) is 0 Å². The van der Waals surface area contributed by atoms with Crippen molar-refractivity contribution in [2.24, 2.45) is 0 Å².